The fourth-order valence-electron chi connectivity index (χ4n) is 4.84. The number of hydrogen-bond donors (Lipinski definition) is 1. The first-order valence-corrected chi connectivity index (χ1v) is 12.7. The van der Waals surface area contributed by atoms with Gasteiger partial charge in [-0.25, -0.2) is 8.78 Å². The minimum Gasteiger partial charge on any atom is -0.382 e. The van der Waals surface area contributed by atoms with Crippen molar-refractivity contribution in [2.24, 2.45) is 5.18 Å². The lowest BCUT2D eigenvalue weighted by atomic mass is 9.92. The Bertz CT molecular complexity index is 1060. The second kappa shape index (κ2) is 12.5. The Labute approximate surface area is 214 Å². The van der Waals surface area contributed by atoms with Crippen molar-refractivity contribution in [3.8, 4) is 0 Å². The number of anilines is 2. The van der Waals surface area contributed by atoms with Gasteiger partial charge < -0.3 is 19.9 Å². The van der Waals surface area contributed by atoms with Gasteiger partial charge in [-0.3, -0.25) is 4.79 Å². The van der Waals surface area contributed by atoms with Crippen LogP contribution in [0.5, 0.6) is 0 Å². The highest BCUT2D eigenvalue weighted by Crippen LogP contribution is 2.28. The van der Waals surface area contributed by atoms with Crippen LogP contribution in [0.4, 0.5) is 25.8 Å². The quantitative estimate of drug-likeness (QED) is 0.425. The molecule has 10 heteroatoms. The lowest BCUT2D eigenvalue weighted by molar-refractivity contribution is -0.139. The molecule has 1 amide bonds. The van der Waals surface area contributed by atoms with Gasteiger partial charge >= 0.3 is 0 Å². The maximum absolute atomic E-state index is 13.1. The normalized spacial score (nSPS) is 20.3. The summed E-state index contributed by atoms with van der Waals surface area (Å²) in [5, 5.41) is 6.67. The summed E-state index contributed by atoms with van der Waals surface area (Å²) < 4.78 is 32.2. The minimum atomic E-state index is -0.735. The number of nitrogens with one attached hydrogen (secondary N) is 1. The fourth-order valence-corrected chi connectivity index (χ4v) is 5.00. The van der Waals surface area contributed by atoms with Gasteiger partial charge in [0.25, 0.3) is 0 Å². The molecule has 0 atom stereocenters. The highest BCUT2D eigenvalue weighted by Gasteiger charge is 2.25. The molecule has 1 saturated heterocycles. The van der Waals surface area contributed by atoms with Crippen molar-refractivity contribution in [3.05, 3.63) is 57.5 Å². The number of piperazine rings is 1. The highest BCUT2D eigenvalue weighted by atomic mass is 35.5. The topological polar surface area (TPSA) is 74.2 Å². The third-order valence-corrected chi connectivity index (χ3v) is 7.35. The van der Waals surface area contributed by atoms with Gasteiger partial charge in [-0.05, 0) is 67.3 Å². The smallest absolute Gasteiger partial charge is 0.248 e. The standard InChI is InChI=1S/C26H31ClF2N4O3/c27-24-7-4-22(14-18(24)15-28)32-9-11-33(12-10-32)26(34)17-36-23-5-1-20(2-6-23)30-21-3-8-25(31-35)19(13-21)16-29/h3-4,7-8,13-14,20,23,30H,1-2,5-6,9-12,15-17H2. The van der Waals surface area contributed by atoms with E-state index >= 15 is 0 Å². The van der Waals surface area contributed by atoms with E-state index in [9.17, 15) is 18.5 Å². The highest BCUT2D eigenvalue weighted by molar-refractivity contribution is 6.31. The number of hydrogen-bond acceptors (Lipinski definition) is 6. The van der Waals surface area contributed by atoms with Gasteiger partial charge in [0, 0.05) is 59.7 Å². The number of amides is 1. The van der Waals surface area contributed by atoms with Crippen molar-refractivity contribution in [3.63, 3.8) is 0 Å². The maximum atomic E-state index is 13.1. The predicted molar refractivity (Wildman–Crippen MR) is 137 cm³/mol. The summed E-state index contributed by atoms with van der Waals surface area (Å²) in [6.07, 6.45) is 3.44. The van der Waals surface area contributed by atoms with Crippen molar-refractivity contribution in [1.29, 1.82) is 0 Å². The Morgan fingerprint density at radius 2 is 1.72 bits per heavy atom. The van der Waals surface area contributed by atoms with Crippen LogP contribution in [0.1, 0.15) is 36.8 Å². The van der Waals surface area contributed by atoms with Crippen molar-refractivity contribution in [2.75, 3.05) is 43.0 Å². The third-order valence-electron chi connectivity index (χ3n) is 6.98. The maximum Gasteiger partial charge on any atom is 0.248 e. The Morgan fingerprint density at radius 1 is 1.00 bits per heavy atom. The van der Waals surface area contributed by atoms with Crippen LogP contribution in [0.25, 0.3) is 0 Å². The molecule has 2 aliphatic rings. The molecular weight excluding hydrogens is 490 g/mol. The number of benzene rings is 2. The van der Waals surface area contributed by atoms with Crippen LogP contribution in [0.15, 0.2) is 41.6 Å². The largest absolute Gasteiger partial charge is 0.382 e. The van der Waals surface area contributed by atoms with E-state index < -0.39 is 13.3 Å². The van der Waals surface area contributed by atoms with Gasteiger partial charge in [0.2, 0.25) is 5.91 Å². The molecule has 2 fully saturated rings. The average Bonchev–Trinajstić information content (AvgIpc) is 2.92. The molecule has 0 radical (unpaired) electrons. The molecule has 1 heterocycles. The number of halogens is 3. The molecule has 0 aromatic heterocycles. The number of rotatable bonds is 9. The summed E-state index contributed by atoms with van der Waals surface area (Å²) in [4.78, 5) is 27.4. The van der Waals surface area contributed by atoms with E-state index in [1.54, 1.807) is 24.3 Å². The molecule has 7 nitrogen and oxygen atoms in total. The molecule has 1 saturated carbocycles. The van der Waals surface area contributed by atoms with Crippen LogP contribution in [-0.4, -0.2) is 55.7 Å². The lowest BCUT2D eigenvalue weighted by Gasteiger charge is -2.36. The molecule has 4 rings (SSSR count). The number of carbonyl (C=O) groups excluding carboxylic acids is 1. The van der Waals surface area contributed by atoms with Crippen LogP contribution in [0.2, 0.25) is 5.02 Å². The van der Waals surface area contributed by atoms with Crippen LogP contribution in [0.3, 0.4) is 0 Å². The summed E-state index contributed by atoms with van der Waals surface area (Å²) in [6, 6.07) is 10.5. The Kier molecular flexibility index (Phi) is 9.09. The summed E-state index contributed by atoms with van der Waals surface area (Å²) in [6.45, 7) is 1.25. The van der Waals surface area contributed by atoms with Crippen LogP contribution in [0, 0.1) is 4.91 Å². The summed E-state index contributed by atoms with van der Waals surface area (Å²) in [7, 11) is 0. The molecule has 1 aliphatic carbocycles. The molecule has 2 aromatic carbocycles. The van der Waals surface area contributed by atoms with Crippen LogP contribution in [-0.2, 0) is 22.9 Å². The molecule has 36 heavy (non-hydrogen) atoms. The van der Waals surface area contributed by atoms with E-state index in [2.05, 4.69) is 15.4 Å². The average molecular weight is 521 g/mol. The van der Waals surface area contributed by atoms with Crippen LogP contribution >= 0.6 is 11.6 Å². The zero-order chi connectivity index (χ0) is 25.5. The van der Waals surface area contributed by atoms with E-state index in [0.717, 1.165) is 37.1 Å². The van der Waals surface area contributed by atoms with E-state index in [1.165, 1.54) is 6.07 Å². The number of carbonyl (C=O) groups is 1. The van der Waals surface area contributed by atoms with Crippen molar-refractivity contribution in [1.82, 2.24) is 4.90 Å². The Hall–Kier alpha value is -2.78. The van der Waals surface area contributed by atoms with E-state index in [-0.39, 0.29) is 35.9 Å². The summed E-state index contributed by atoms with van der Waals surface area (Å²) in [5.41, 5.74) is 2.57. The van der Waals surface area contributed by atoms with E-state index in [0.29, 0.717) is 36.8 Å². The molecule has 0 unspecified atom stereocenters. The molecule has 0 bridgehead atoms. The zero-order valence-electron chi connectivity index (χ0n) is 20.1. The predicted octanol–water partition coefficient (Wildman–Crippen LogP) is 5.77. The number of ether oxygens (including phenoxy) is 1. The first kappa shape index (κ1) is 26.3. The monoisotopic (exact) mass is 520 g/mol. The van der Waals surface area contributed by atoms with E-state index in [4.69, 9.17) is 16.3 Å². The van der Waals surface area contributed by atoms with Gasteiger partial charge in [-0.1, -0.05) is 11.6 Å². The van der Waals surface area contributed by atoms with Crippen molar-refractivity contribution >= 4 is 34.6 Å². The number of nitrogens with zero attached hydrogens (tertiary/aromatic N) is 3. The molecule has 2 aromatic rings. The second-order valence-corrected chi connectivity index (χ2v) is 9.68. The van der Waals surface area contributed by atoms with Gasteiger partial charge in [0.05, 0.1) is 6.10 Å². The van der Waals surface area contributed by atoms with E-state index in [1.807, 2.05) is 11.0 Å². The molecule has 0 spiro atoms. The fraction of sp³-hybridized carbons (Fsp3) is 0.500. The van der Waals surface area contributed by atoms with Gasteiger partial charge in [0.1, 0.15) is 25.6 Å². The number of nitroso groups, excluding NO2 is 1. The number of alkyl halides is 2. The van der Waals surface area contributed by atoms with Gasteiger partial charge in [-0.15, -0.1) is 4.91 Å². The van der Waals surface area contributed by atoms with Crippen molar-refractivity contribution in [2.45, 2.75) is 51.2 Å². The lowest BCUT2D eigenvalue weighted by Crippen LogP contribution is -2.50. The SMILES string of the molecule is O=Nc1ccc(NC2CCC(OCC(=O)N3CCN(c4ccc(Cl)c(CF)c4)CC3)CC2)cc1CF. The van der Waals surface area contributed by atoms with Crippen LogP contribution < -0.4 is 10.2 Å². The molecular formula is C26H31ClF2N4O3. The minimum absolute atomic E-state index is 0.0157. The van der Waals surface area contributed by atoms with Gasteiger partial charge in [-0.2, -0.15) is 0 Å². The third kappa shape index (κ3) is 6.50. The molecule has 194 valence electrons. The van der Waals surface area contributed by atoms with Crippen molar-refractivity contribution < 1.29 is 18.3 Å². The Morgan fingerprint density at radius 3 is 2.39 bits per heavy atom. The molecule has 1 N–H and O–H groups in total. The first-order valence-electron chi connectivity index (χ1n) is 12.3. The molecule has 1 aliphatic heterocycles. The second-order valence-electron chi connectivity index (χ2n) is 9.27. The summed E-state index contributed by atoms with van der Waals surface area (Å²) >= 11 is 6.01. The summed E-state index contributed by atoms with van der Waals surface area (Å²) in [5.74, 6) is -0.0157. The first-order chi connectivity index (χ1) is 17.5. The zero-order valence-corrected chi connectivity index (χ0v) is 20.9. The van der Waals surface area contributed by atoms with Gasteiger partial charge in [0.15, 0.2) is 0 Å². The Balaban J connectivity index is 1.17.